The lowest BCUT2D eigenvalue weighted by molar-refractivity contribution is -0.122. The van der Waals surface area contributed by atoms with Gasteiger partial charge >= 0.3 is 0 Å². The molecule has 5 heteroatoms. The highest BCUT2D eigenvalue weighted by Crippen LogP contribution is 2.25. The molecule has 0 spiro atoms. The second-order valence-corrected chi connectivity index (χ2v) is 5.73. The van der Waals surface area contributed by atoms with Crippen LogP contribution in [0.1, 0.15) is 12.5 Å². The third-order valence-electron chi connectivity index (χ3n) is 3.21. The number of benzene rings is 2. The summed E-state index contributed by atoms with van der Waals surface area (Å²) < 4.78 is 6.59. The molecule has 22 heavy (non-hydrogen) atoms. The maximum absolute atomic E-state index is 11.9. The summed E-state index contributed by atoms with van der Waals surface area (Å²) >= 11 is 1.40. The Labute approximate surface area is 132 Å². The van der Waals surface area contributed by atoms with E-state index in [1.54, 1.807) is 0 Å². The van der Waals surface area contributed by atoms with Crippen LogP contribution in [-0.4, -0.2) is 17.5 Å². The van der Waals surface area contributed by atoms with Gasteiger partial charge in [-0.2, -0.15) is 5.32 Å². The van der Waals surface area contributed by atoms with E-state index in [2.05, 4.69) is 17.2 Å². The smallest absolute Gasteiger partial charge is 0.286 e. The van der Waals surface area contributed by atoms with Gasteiger partial charge in [0.2, 0.25) is 5.13 Å². The Morgan fingerprint density at radius 3 is 2.77 bits per heavy atom. The van der Waals surface area contributed by atoms with Crippen LogP contribution in [0.15, 0.2) is 48.5 Å². The normalized spacial score (nSPS) is 10.6. The number of rotatable bonds is 5. The van der Waals surface area contributed by atoms with Crippen molar-refractivity contribution in [2.75, 3.05) is 6.61 Å². The van der Waals surface area contributed by atoms with E-state index in [4.69, 9.17) is 4.74 Å². The van der Waals surface area contributed by atoms with E-state index < -0.39 is 0 Å². The number of carbonyl (C=O) groups is 1. The van der Waals surface area contributed by atoms with Crippen molar-refractivity contribution in [2.45, 2.75) is 13.3 Å². The molecule has 1 amide bonds. The van der Waals surface area contributed by atoms with Gasteiger partial charge in [-0.25, -0.2) is 4.98 Å². The van der Waals surface area contributed by atoms with E-state index >= 15 is 0 Å². The molecule has 0 aliphatic rings. The van der Waals surface area contributed by atoms with Crippen LogP contribution in [0.3, 0.4) is 0 Å². The van der Waals surface area contributed by atoms with Crippen LogP contribution in [0.25, 0.3) is 10.2 Å². The molecule has 1 aromatic heterocycles. The average Bonchev–Trinajstić information content (AvgIpc) is 2.95. The van der Waals surface area contributed by atoms with E-state index in [1.165, 1.54) is 11.3 Å². The van der Waals surface area contributed by atoms with Crippen molar-refractivity contribution in [1.82, 2.24) is 10.3 Å². The van der Waals surface area contributed by atoms with Crippen molar-refractivity contribution >= 4 is 32.6 Å². The summed E-state index contributed by atoms with van der Waals surface area (Å²) in [4.78, 5) is 16.3. The van der Waals surface area contributed by atoms with Crippen LogP contribution in [0.4, 0.5) is 5.13 Å². The minimum absolute atomic E-state index is 0.0764. The van der Waals surface area contributed by atoms with Crippen LogP contribution in [0.5, 0.6) is 5.75 Å². The second kappa shape index (κ2) is 6.58. The zero-order valence-electron chi connectivity index (χ0n) is 12.2. The highest BCUT2D eigenvalue weighted by Gasteiger charge is 2.11. The fourth-order valence-corrected chi connectivity index (χ4v) is 2.98. The number of carbonyl (C=O) groups excluding carboxylic acids is 1. The molecule has 3 rings (SSSR count). The Balaban J connectivity index is 1.62. The van der Waals surface area contributed by atoms with Crippen molar-refractivity contribution in [1.29, 1.82) is 0 Å². The molecule has 0 N–H and O–H groups in total. The van der Waals surface area contributed by atoms with E-state index in [-0.39, 0.29) is 12.5 Å². The van der Waals surface area contributed by atoms with Gasteiger partial charge < -0.3 is 4.74 Å². The lowest BCUT2D eigenvalue weighted by atomic mass is 10.1. The van der Waals surface area contributed by atoms with Gasteiger partial charge in [0.05, 0.1) is 10.2 Å². The van der Waals surface area contributed by atoms with Gasteiger partial charge in [0.25, 0.3) is 5.91 Å². The zero-order valence-corrected chi connectivity index (χ0v) is 13.0. The Morgan fingerprint density at radius 1 is 1.18 bits per heavy atom. The fraction of sp³-hybridized carbons (Fsp3) is 0.176. The van der Waals surface area contributed by atoms with Gasteiger partial charge in [-0.3, -0.25) is 4.79 Å². The summed E-state index contributed by atoms with van der Waals surface area (Å²) in [6, 6.07) is 15.4. The quantitative estimate of drug-likeness (QED) is 0.722. The number of amides is 1. The maximum atomic E-state index is 11.9. The lowest BCUT2D eigenvalue weighted by Gasteiger charge is -2.08. The summed E-state index contributed by atoms with van der Waals surface area (Å²) in [5.74, 6) is 0.405. The highest BCUT2D eigenvalue weighted by atomic mass is 32.1. The average molecular weight is 311 g/mol. The molecular weight excluding hydrogens is 296 g/mol. The van der Waals surface area contributed by atoms with Crippen LogP contribution < -0.4 is 10.1 Å². The second-order valence-electron chi connectivity index (χ2n) is 4.72. The molecule has 3 aromatic rings. The van der Waals surface area contributed by atoms with Crippen LogP contribution in [0, 0.1) is 0 Å². The summed E-state index contributed by atoms with van der Waals surface area (Å²) in [5, 5.41) is 4.48. The monoisotopic (exact) mass is 311 g/mol. The van der Waals surface area contributed by atoms with Crippen LogP contribution in [0.2, 0.25) is 0 Å². The molecule has 0 saturated carbocycles. The van der Waals surface area contributed by atoms with Gasteiger partial charge in [-0.05, 0) is 30.2 Å². The number of fused-ring (bicyclic) bond motifs is 1. The number of hydrogen-bond donors (Lipinski definition) is 0. The molecule has 0 bridgehead atoms. The standard InChI is InChI=1S/C17H15N2O2S/c1-2-12-7-3-5-9-14(12)21-11-16(20)19-17-18-13-8-4-6-10-15(13)22-17/h3-10H,2,11H2,1H3. The summed E-state index contributed by atoms with van der Waals surface area (Å²) in [6.45, 7) is 1.97. The summed E-state index contributed by atoms with van der Waals surface area (Å²) in [7, 11) is 0. The predicted molar refractivity (Wildman–Crippen MR) is 87.7 cm³/mol. The first-order chi connectivity index (χ1) is 10.8. The third-order valence-corrected chi connectivity index (χ3v) is 4.14. The number of aromatic nitrogens is 1. The van der Waals surface area contributed by atoms with Crippen molar-refractivity contribution < 1.29 is 9.53 Å². The predicted octanol–water partition coefficient (Wildman–Crippen LogP) is 3.70. The van der Waals surface area contributed by atoms with E-state index in [0.29, 0.717) is 5.13 Å². The largest absolute Gasteiger partial charge is 0.483 e. The molecule has 0 aliphatic carbocycles. The van der Waals surface area contributed by atoms with E-state index in [9.17, 15) is 4.79 Å². The molecule has 1 radical (unpaired) electrons. The molecule has 1 heterocycles. The first kappa shape index (κ1) is 14.5. The summed E-state index contributed by atoms with van der Waals surface area (Å²) in [6.07, 6.45) is 0.860. The SMILES string of the molecule is CCc1ccccc1OCC(=O)[N]c1nc2ccccc2s1. The molecule has 0 atom stereocenters. The van der Waals surface area contributed by atoms with Crippen LogP contribution >= 0.6 is 11.3 Å². The number of ether oxygens (including phenoxy) is 1. The number of thiazole rings is 1. The number of hydrogen-bond acceptors (Lipinski definition) is 4. The number of para-hydroxylation sites is 2. The molecule has 0 saturated heterocycles. The molecule has 2 aromatic carbocycles. The van der Waals surface area contributed by atoms with Crippen molar-refractivity contribution in [3.8, 4) is 5.75 Å². The van der Waals surface area contributed by atoms with E-state index in [1.807, 2.05) is 48.5 Å². The lowest BCUT2D eigenvalue weighted by Crippen LogP contribution is -2.19. The number of nitrogens with zero attached hydrogens (tertiary/aromatic N) is 2. The first-order valence-corrected chi connectivity index (χ1v) is 7.89. The van der Waals surface area contributed by atoms with Gasteiger partial charge in [-0.1, -0.05) is 48.6 Å². The Hall–Kier alpha value is -2.40. The maximum Gasteiger partial charge on any atom is 0.286 e. The minimum atomic E-state index is -0.329. The fourth-order valence-electron chi connectivity index (χ4n) is 2.12. The van der Waals surface area contributed by atoms with Gasteiger partial charge in [0.15, 0.2) is 6.61 Å². The summed E-state index contributed by atoms with van der Waals surface area (Å²) in [5.41, 5.74) is 1.94. The third kappa shape index (κ3) is 3.26. The van der Waals surface area contributed by atoms with Gasteiger partial charge in [0.1, 0.15) is 5.75 Å². The molecule has 0 unspecified atom stereocenters. The van der Waals surface area contributed by atoms with Crippen molar-refractivity contribution in [2.24, 2.45) is 0 Å². The van der Waals surface area contributed by atoms with Gasteiger partial charge in [-0.15, -0.1) is 0 Å². The topological polar surface area (TPSA) is 53.3 Å². The molecule has 111 valence electrons. The van der Waals surface area contributed by atoms with E-state index in [0.717, 1.165) is 28.0 Å². The molecule has 0 fully saturated rings. The Kier molecular flexibility index (Phi) is 4.34. The molecule has 0 aliphatic heterocycles. The Bertz CT molecular complexity index is 765. The Morgan fingerprint density at radius 2 is 1.95 bits per heavy atom. The first-order valence-electron chi connectivity index (χ1n) is 7.07. The molecule has 4 nitrogen and oxygen atoms in total. The van der Waals surface area contributed by atoms with Crippen LogP contribution in [-0.2, 0) is 11.2 Å². The van der Waals surface area contributed by atoms with Gasteiger partial charge in [0, 0.05) is 0 Å². The minimum Gasteiger partial charge on any atom is -0.483 e. The van der Waals surface area contributed by atoms with Crippen molar-refractivity contribution in [3.63, 3.8) is 0 Å². The van der Waals surface area contributed by atoms with Crippen molar-refractivity contribution in [3.05, 3.63) is 54.1 Å². The number of aryl methyl sites for hydroxylation is 1. The molecular formula is C17H15N2O2S. The zero-order chi connectivity index (χ0) is 15.4. The highest BCUT2D eigenvalue weighted by molar-refractivity contribution is 7.22.